The second-order valence-corrected chi connectivity index (χ2v) is 10.0. The summed E-state index contributed by atoms with van der Waals surface area (Å²) in [4.78, 5) is 34.9. The molecule has 1 saturated heterocycles. The maximum Gasteiger partial charge on any atom is 0.416 e. The monoisotopic (exact) mass is 545 g/mol. The molecule has 202 valence electrons. The number of urea groups is 1. The number of thioether (sulfide) groups is 1. The number of likely N-dealkylation sites (N-methyl/N-ethyl adjacent to an activating group) is 1. The Morgan fingerprint density at radius 1 is 1.08 bits per heavy atom. The van der Waals surface area contributed by atoms with Gasteiger partial charge in [-0.25, -0.2) is 9.79 Å². The van der Waals surface area contributed by atoms with Crippen LogP contribution in [0.4, 0.5) is 29.3 Å². The quantitative estimate of drug-likeness (QED) is 0.444. The number of hydrogen-bond acceptors (Lipinski definition) is 5. The number of aliphatic imine (C=N–C) groups is 1. The van der Waals surface area contributed by atoms with E-state index < -0.39 is 17.8 Å². The van der Waals surface area contributed by atoms with Gasteiger partial charge in [0.15, 0.2) is 5.17 Å². The van der Waals surface area contributed by atoms with Gasteiger partial charge in [-0.05, 0) is 69.2 Å². The van der Waals surface area contributed by atoms with Crippen LogP contribution in [0, 0.1) is 0 Å². The lowest BCUT2D eigenvalue weighted by atomic mass is 9.93. The zero-order chi connectivity index (χ0) is 27.4. The molecule has 0 unspecified atom stereocenters. The third kappa shape index (κ3) is 5.98. The van der Waals surface area contributed by atoms with Crippen molar-refractivity contribution in [2.45, 2.75) is 39.4 Å². The zero-order valence-corrected chi connectivity index (χ0v) is 22.2. The summed E-state index contributed by atoms with van der Waals surface area (Å²) in [6.45, 7) is 7.67. The third-order valence-electron chi connectivity index (χ3n) is 6.47. The van der Waals surface area contributed by atoms with Crippen LogP contribution in [0.3, 0.4) is 0 Å². The van der Waals surface area contributed by atoms with Crippen LogP contribution in [-0.4, -0.2) is 52.3 Å². The van der Waals surface area contributed by atoms with Gasteiger partial charge >= 0.3 is 12.2 Å². The molecule has 38 heavy (non-hydrogen) atoms. The van der Waals surface area contributed by atoms with Crippen molar-refractivity contribution in [1.29, 1.82) is 0 Å². The molecule has 2 heterocycles. The molecule has 0 spiro atoms. The average Bonchev–Trinajstić information content (AvgIpc) is 2.88. The summed E-state index contributed by atoms with van der Waals surface area (Å²) >= 11 is 1.67. The van der Waals surface area contributed by atoms with Crippen LogP contribution in [0.25, 0.3) is 0 Å². The van der Waals surface area contributed by atoms with Crippen molar-refractivity contribution in [2.24, 2.45) is 4.99 Å². The Hall–Kier alpha value is -3.47. The van der Waals surface area contributed by atoms with Crippen molar-refractivity contribution in [3.8, 4) is 0 Å². The number of nitrogens with zero attached hydrogens (tertiary/aromatic N) is 3. The van der Waals surface area contributed by atoms with Gasteiger partial charge in [-0.1, -0.05) is 23.9 Å². The third-order valence-corrected chi connectivity index (χ3v) is 7.55. The summed E-state index contributed by atoms with van der Waals surface area (Å²) in [5, 5.41) is 6.19. The second kappa shape index (κ2) is 11.5. The van der Waals surface area contributed by atoms with E-state index in [0.717, 1.165) is 41.6 Å². The predicted octanol–water partition coefficient (Wildman–Crippen LogP) is 6.34. The number of carbonyl (C=O) groups is 2. The van der Waals surface area contributed by atoms with E-state index in [1.165, 1.54) is 12.1 Å². The number of amidine groups is 1. The normalized spacial score (nSPS) is 17.5. The summed E-state index contributed by atoms with van der Waals surface area (Å²) < 4.78 is 38.4. The van der Waals surface area contributed by atoms with E-state index in [1.54, 1.807) is 28.8 Å². The first-order valence-electron chi connectivity index (χ1n) is 12.5. The number of halogens is 3. The van der Waals surface area contributed by atoms with Crippen molar-refractivity contribution < 1.29 is 22.8 Å². The molecule has 2 aliphatic heterocycles. The Morgan fingerprint density at radius 3 is 2.42 bits per heavy atom. The summed E-state index contributed by atoms with van der Waals surface area (Å²) in [5.74, 6) is 0.898. The van der Waals surface area contributed by atoms with E-state index in [2.05, 4.69) is 15.5 Å². The van der Waals surface area contributed by atoms with Crippen molar-refractivity contribution in [3.05, 3.63) is 70.9 Å². The lowest BCUT2D eigenvalue weighted by molar-refractivity contribution is -0.137. The molecule has 0 radical (unpaired) electrons. The van der Waals surface area contributed by atoms with E-state index in [-0.39, 0.29) is 17.6 Å². The van der Waals surface area contributed by atoms with Gasteiger partial charge < -0.3 is 20.4 Å². The molecule has 2 aliphatic rings. The zero-order valence-electron chi connectivity index (χ0n) is 21.4. The minimum Gasteiger partial charge on any atom is -0.340 e. The molecule has 2 aromatic carbocycles. The molecule has 0 aromatic heterocycles. The number of hydrogen-bond donors (Lipinski definition) is 2. The minimum atomic E-state index is -4.45. The predicted molar refractivity (Wildman–Crippen MR) is 145 cm³/mol. The van der Waals surface area contributed by atoms with Gasteiger partial charge in [-0.3, -0.25) is 4.79 Å². The first kappa shape index (κ1) is 27.6. The average molecular weight is 546 g/mol. The summed E-state index contributed by atoms with van der Waals surface area (Å²) in [6.07, 6.45) is -3.49. The minimum absolute atomic E-state index is 0.0608. The SMILES string of the molecule is CCN(CC)C(=O)C1=C(C)N=C2SCCCN2[C@H]1c1cccc(NC(=O)Nc2ccc(C(F)(F)F)cc2)c1. The molecule has 7 nitrogen and oxygen atoms in total. The molecule has 4 rings (SSSR count). The molecule has 0 bridgehead atoms. The Labute approximate surface area is 224 Å². The van der Waals surface area contributed by atoms with Gasteiger partial charge in [0.05, 0.1) is 22.9 Å². The van der Waals surface area contributed by atoms with Crippen molar-refractivity contribution >= 4 is 40.2 Å². The van der Waals surface area contributed by atoms with Gasteiger partial charge in [0.2, 0.25) is 0 Å². The Bertz CT molecular complexity index is 1260. The van der Waals surface area contributed by atoms with Crippen LogP contribution in [-0.2, 0) is 11.0 Å². The van der Waals surface area contributed by atoms with Crippen LogP contribution in [0.15, 0.2) is 64.8 Å². The van der Waals surface area contributed by atoms with Crippen molar-refractivity contribution in [2.75, 3.05) is 36.0 Å². The number of anilines is 2. The molecule has 3 amide bonds. The van der Waals surface area contributed by atoms with Gasteiger partial charge in [0.25, 0.3) is 5.91 Å². The van der Waals surface area contributed by atoms with Gasteiger partial charge in [0, 0.05) is 36.8 Å². The Kier molecular flexibility index (Phi) is 8.35. The van der Waals surface area contributed by atoms with E-state index in [9.17, 15) is 22.8 Å². The first-order valence-corrected chi connectivity index (χ1v) is 13.4. The lowest BCUT2D eigenvalue weighted by Crippen LogP contribution is -2.45. The number of allylic oxidation sites excluding steroid dienone is 1. The van der Waals surface area contributed by atoms with Crippen molar-refractivity contribution in [1.82, 2.24) is 9.80 Å². The fraction of sp³-hybridized carbons (Fsp3) is 0.370. The molecule has 2 N–H and O–H groups in total. The summed E-state index contributed by atoms with van der Waals surface area (Å²) in [6, 6.07) is 10.6. The topological polar surface area (TPSA) is 77.0 Å². The fourth-order valence-corrected chi connectivity index (χ4v) is 5.61. The maximum absolute atomic E-state index is 13.6. The number of fused-ring (bicyclic) bond motifs is 1. The summed E-state index contributed by atoms with van der Waals surface area (Å²) in [7, 11) is 0. The van der Waals surface area contributed by atoms with Crippen LogP contribution < -0.4 is 10.6 Å². The lowest BCUT2D eigenvalue weighted by Gasteiger charge is -2.41. The molecule has 0 aliphatic carbocycles. The molecule has 0 saturated carbocycles. The number of benzene rings is 2. The number of nitrogens with one attached hydrogen (secondary N) is 2. The Morgan fingerprint density at radius 2 is 1.76 bits per heavy atom. The highest BCUT2D eigenvalue weighted by atomic mass is 32.2. The first-order chi connectivity index (χ1) is 18.1. The van der Waals surface area contributed by atoms with Gasteiger partial charge in [-0.15, -0.1) is 0 Å². The number of rotatable bonds is 6. The van der Waals surface area contributed by atoms with E-state index in [4.69, 9.17) is 4.99 Å². The summed E-state index contributed by atoms with van der Waals surface area (Å²) in [5.41, 5.74) is 2.07. The largest absolute Gasteiger partial charge is 0.416 e. The van der Waals surface area contributed by atoms with Gasteiger partial charge in [-0.2, -0.15) is 13.2 Å². The van der Waals surface area contributed by atoms with Gasteiger partial charge in [0.1, 0.15) is 0 Å². The van der Waals surface area contributed by atoms with Crippen molar-refractivity contribution in [3.63, 3.8) is 0 Å². The molecular weight excluding hydrogens is 515 g/mol. The highest BCUT2D eigenvalue weighted by Crippen LogP contribution is 2.40. The fourth-order valence-electron chi connectivity index (χ4n) is 4.59. The van der Waals surface area contributed by atoms with Crippen LogP contribution >= 0.6 is 11.8 Å². The van der Waals surface area contributed by atoms with Crippen LogP contribution in [0.5, 0.6) is 0 Å². The molecule has 11 heteroatoms. The number of alkyl halides is 3. The van der Waals surface area contributed by atoms with E-state index in [1.807, 2.05) is 32.9 Å². The number of amides is 3. The molecule has 1 atom stereocenters. The van der Waals surface area contributed by atoms with E-state index >= 15 is 0 Å². The number of carbonyl (C=O) groups excluding carboxylic acids is 2. The molecular formula is C27H30F3N5O2S. The molecule has 2 aromatic rings. The van der Waals surface area contributed by atoms with Crippen LogP contribution in [0.2, 0.25) is 0 Å². The highest BCUT2D eigenvalue weighted by molar-refractivity contribution is 8.13. The van der Waals surface area contributed by atoms with E-state index in [0.29, 0.717) is 30.0 Å². The second-order valence-electron chi connectivity index (χ2n) is 8.95. The molecule has 1 fully saturated rings. The Balaban J connectivity index is 1.59. The smallest absolute Gasteiger partial charge is 0.340 e. The maximum atomic E-state index is 13.6. The van der Waals surface area contributed by atoms with Crippen LogP contribution in [0.1, 0.15) is 44.4 Å². The highest BCUT2D eigenvalue weighted by Gasteiger charge is 2.38. The standard InChI is InChI=1S/C27H30F3N5O2S/c1-4-34(5-2)24(36)22-17(3)31-26-35(14-7-15-38-26)23(22)18-8-6-9-21(16-18)33-25(37)32-20-12-10-19(11-13-20)27(28,29)30/h6,8-13,16,23H,4-5,7,14-15H2,1-3H3,(H2,32,33,37)/t23-/m0/s1.